The Morgan fingerprint density at radius 1 is 0.548 bits per heavy atom. The molecule has 1 nitrogen and oxygen atoms in total. The molecule has 0 fully saturated rings. The Morgan fingerprint density at radius 3 is 1.19 bits per heavy atom. The molecule has 1 aromatic rings. The normalized spacial score (nSPS) is 13.1. The molecule has 0 aromatic heterocycles. The third-order valence-electron chi connectivity index (χ3n) is 7.57. The summed E-state index contributed by atoms with van der Waals surface area (Å²) in [5, 5.41) is 11.6. The molecule has 0 aliphatic heterocycles. The molecule has 0 saturated heterocycles. The predicted octanol–water partition coefficient (Wildman–Crippen LogP) is 9.97. The third-order valence-corrected chi connectivity index (χ3v) is 7.57. The van der Waals surface area contributed by atoms with Gasteiger partial charge in [-0.3, -0.25) is 0 Å². The van der Waals surface area contributed by atoms with Crippen LogP contribution in [-0.4, -0.2) is 5.11 Å². The zero-order chi connectivity index (χ0) is 23.7. The van der Waals surface area contributed by atoms with Crippen LogP contribution in [0.5, 0.6) is 5.75 Å². The largest absolute Gasteiger partial charge is 0.507 e. The van der Waals surface area contributed by atoms with Crippen LogP contribution < -0.4 is 0 Å². The van der Waals surface area contributed by atoms with E-state index in [2.05, 4.69) is 74.4 Å². The lowest BCUT2D eigenvalue weighted by Crippen LogP contribution is -2.25. The number of rotatable bonds is 15. The van der Waals surface area contributed by atoms with Crippen LogP contribution in [-0.2, 0) is 16.2 Å². The second-order valence-electron chi connectivity index (χ2n) is 11.9. The highest BCUT2D eigenvalue weighted by molar-refractivity contribution is 5.51. The van der Waals surface area contributed by atoms with Crippen molar-refractivity contribution in [2.24, 2.45) is 0 Å². The second-order valence-corrected chi connectivity index (χ2v) is 11.9. The fourth-order valence-electron chi connectivity index (χ4n) is 4.92. The van der Waals surface area contributed by atoms with Crippen molar-refractivity contribution in [1.82, 2.24) is 0 Å². The van der Waals surface area contributed by atoms with E-state index >= 15 is 0 Å². The second kappa shape index (κ2) is 12.3. The van der Waals surface area contributed by atoms with Gasteiger partial charge >= 0.3 is 0 Å². The lowest BCUT2D eigenvalue weighted by molar-refractivity contribution is 0.376. The van der Waals surface area contributed by atoms with Crippen LogP contribution in [0.25, 0.3) is 0 Å². The monoisotopic (exact) mass is 430 g/mol. The van der Waals surface area contributed by atoms with E-state index in [0.717, 1.165) is 12.8 Å². The first kappa shape index (κ1) is 28.1. The van der Waals surface area contributed by atoms with E-state index in [1.807, 2.05) is 0 Å². The quantitative estimate of drug-likeness (QED) is 0.274. The summed E-state index contributed by atoms with van der Waals surface area (Å²) >= 11 is 0. The van der Waals surface area contributed by atoms with Gasteiger partial charge in [0.15, 0.2) is 0 Å². The van der Waals surface area contributed by atoms with Crippen LogP contribution >= 0.6 is 0 Å². The molecule has 1 rings (SSSR count). The summed E-state index contributed by atoms with van der Waals surface area (Å²) in [7, 11) is 0. The molecule has 0 atom stereocenters. The molecule has 0 amide bonds. The van der Waals surface area contributed by atoms with Crippen LogP contribution in [0.3, 0.4) is 0 Å². The first-order valence-corrected chi connectivity index (χ1v) is 13.3. The lowest BCUT2D eigenvalue weighted by Gasteiger charge is -2.35. The average Bonchev–Trinajstić information content (AvgIpc) is 2.68. The molecular weight excluding hydrogens is 376 g/mol. The summed E-state index contributed by atoms with van der Waals surface area (Å²) in [4.78, 5) is 0. The Balaban J connectivity index is 3.48. The Bertz CT molecular complexity index is 607. The third kappa shape index (κ3) is 8.14. The first-order valence-electron chi connectivity index (χ1n) is 13.3. The Morgan fingerprint density at radius 2 is 0.871 bits per heavy atom. The van der Waals surface area contributed by atoms with E-state index in [1.165, 1.54) is 80.9 Å². The van der Waals surface area contributed by atoms with Gasteiger partial charge in [-0.2, -0.15) is 0 Å². The van der Waals surface area contributed by atoms with Gasteiger partial charge in [0.25, 0.3) is 0 Å². The fourth-order valence-corrected chi connectivity index (χ4v) is 4.92. The van der Waals surface area contributed by atoms with Crippen molar-refractivity contribution in [2.45, 2.75) is 156 Å². The van der Waals surface area contributed by atoms with E-state index in [-0.39, 0.29) is 16.2 Å². The SMILES string of the molecule is CCCCCC(C)(C)c1cc(C(C)(C)CCCCC)c(O)c(C(C)(C)CCCCC)c1. The van der Waals surface area contributed by atoms with E-state index in [4.69, 9.17) is 0 Å². The molecule has 0 spiro atoms. The van der Waals surface area contributed by atoms with E-state index in [1.54, 1.807) is 0 Å². The average molecular weight is 431 g/mol. The van der Waals surface area contributed by atoms with Crippen LogP contribution in [0.4, 0.5) is 0 Å². The number of aromatic hydroxyl groups is 1. The Labute approximate surface area is 195 Å². The molecule has 0 aliphatic carbocycles. The molecule has 0 heterocycles. The maximum Gasteiger partial charge on any atom is 0.123 e. The van der Waals surface area contributed by atoms with Gasteiger partial charge in [0.05, 0.1) is 0 Å². The van der Waals surface area contributed by atoms with Gasteiger partial charge in [-0.1, -0.05) is 132 Å². The van der Waals surface area contributed by atoms with Gasteiger partial charge in [0.2, 0.25) is 0 Å². The van der Waals surface area contributed by atoms with Gasteiger partial charge in [-0.05, 0) is 41.1 Å². The molecule has 180 valence electrons. The van der Waals surface area contributed by atoms with E-state index in [0.29, 0.717) is 5.75 Å². The zero-order valence-electron chi connectivity index (χ0n) is 22.6. The highest BCUT2D eigenvalue weighted by Gasteiger charge is 2.33. The molecule has 0 saturated carbocycles. The van der Waals surface area contributed by atoms with E-state index in [9.17, 15) is 5.11 Å². The van der Waals surface area contributed by atoms with Crippen molar-refractivity contribution in [2.75, 3.05) is 0 Å². The van der Waals surface area contributed by atoms with Crippen molar-refractivity contribution in [1.29, 1.82) is 0 Å². The van der Waals surface area contributed by atoms with Gasteiger partial charge < -0.3 is 5.11 Å². The van der Waals surface area contributed by atoms with Crippen molar-refractivity contribution in [3.63, 3.8) is 0 Å². The minimum atomic E-state index is -0.0109. The molecule has 0 radical (unpaired) electrons. The van der Waals surface area contributed by atoms with Gasteiger partial charge in [0.1, 0.15) is 5.75 Å². The minimum absolute atomic E-state index is 0.0109. The summed E-state index contributed by atoms with van der Waals surface area (Å²) in [6.45, 7) is 20.9. The van der Waals surface area contributed by atoms with Gasteiger partial charge in [-0.15, -0.1) is 0 Å². The van der Waals surface area contributed by atoms with Gasteiger partial charge in [0, 0.05) is 11.1 Å². The molecule has 31 heavy (non-hydrogen) atoms. The number of phenolic OH excluding ortho intramolecular Hbond substituents is 1. The smallest absolute Gasteiger partial charge is 0.123 e. The van der Waals surface area contributed by atoms with Crippen LogP contribution in [0.15, 0.2) is 12.1 Å². The first-order chi connectivity index (χ1) is 14.4. The molecule has 0 unspecified atom stereocenters. The lowest BCUT2D eigenvalue weighted by atomic mass is 9.70. The molecule has 1 N–H and O–H groups in total. The zero-order valence-corrected chi connectivity index (χ0v) is 22.6. The van der Waals surface area contributed by atoms with Crippen molar-refractivity contribution in [3.05, 3.63) is 28.8 Å². The number of phenols is 1. The number of unbranched alkanes of at least 4 members (excludes halogenated alkanes) is 6. The van der Waals surface area contributed by atoms with Crippen LogP contribution in [0.2, 0.25) is 0 Å². The minimum Gasteiger partial charge on any atom is -0.507 e. The van der Waals surface area contributed by atoms with Crippen LogP contribution in [0, 0.1) is 0 Å². The highest BCUT2D eigenvalue weighted by Crippen LogP contribution is 2.46. The molecule has 0 aliphatic rings. The molecular formula is C30H54O. The predicted molar refractivity (Wildman–Crippen MR) is 140 cm³/mol. The fraction of sp³-hybridized carbons (Fsp3) is 0.800. The van der Waals surface area contributed by atoms with Gasteiger partial charge in [-0.25, -0.2) is 0 Å². The maximum absolute atomic E-state index is 11.6. The van der Waals surface area contributed by atoms with Crippen molar-refractivity contribution < 1.29 is 5.11 Å². The van der Waals surface area contributed by atoms with E-state index < -0.39 is 0 Å². The summed E-state index contributed by atoms with van der Waals surface area (Å²) in [6, 6.07) is 4.72. The van der Waals surface area contributed by atoms with Crippen molar-refractivity contribution >= 4 is 0 Å². The number of hydrogen-bond acceptors (Lipinski definition) is 1. The summed E-state index contributed by atoms with van der Waals surface area (Å²) in [6.07, 6.45) is 14.8. The summed E-state index contributed by atoms with van der Waals surface area (Å²) < 4.78 is 0. The Hall–Kier alpha value is -0.980. The standard InChI is InChI=1S/C30H54O/c1-10-13-16-19-28(4,5)24-22-25(29(6,7)20-17-14-11-2)27(31)26(23-24)30(8,9)21-18-15-12-3/h22-23,31H,10-21H2,1-9H3. The molecule has 1 heteroatoms. The molecule has 1 aromatic carbocycles. The maximum atomic E-state index is 11.6. The van der Waals surface area contributed by atoms with Crippen molar-refractivity contribution in [3.8, 4) is 5.75 Å². The number of benzene rings is 1. The highest BCUT2D eigenvalue weighted by atomic mass is 16.3. The molecule has 0 bridgehead atoms. The topological polar surface area (TPSA) is 20.2 Å². The Kier molecular flexibility index (Phi) is 11.1. The summed E-state index contributed by atoms with van der Waals surface area (Å²) in [5.41, 5.74) is 3.86. The summed E-state index contributed by atoms with van der Waals surface area (Å²) in [5.74, 6) is 0.566. The van der Waals surface area contributed by atoms with Crippen LogP contribution in [0.1, 0.15) is 156 Å². The number of hydrogen-bond donors (Lipinski definition) is 1.